The lowest BCUT2D eigenvalue weighted by Crippen LogP contribution is -2.67. The van der Waals surface area contributed by atoms with Gasteiger partial charge in [0.05, 0.1) is 40.0 Å². The summed E-state index contributed by atoms with van der Waals surface area (Å²) in [5, 5.41) is 14.4. The maximum Gasteiger partial charge on any atom is 0.272 e. The molecule has 3 aromatic carbocycles. The van der Waals surface area contributed by atoms with Gasteiger partial charge >= 0.3 is 0 Å². The number of hydrogen-bond acceptors (Lipinski definition) is 9. The monoisotopic (exact) mass is 1050 g/mol. The molecule has 5 saturated heterocycles. The lowest BCUT2D eigenvalue weighted by Gasteiger charge is -2.55. The molecule has 6 heterocycles. The summed E-state index contributed by atoms with van der Waals surface area (Å²) in [5.74, 6) is -2.36. The number of benzene rings is 3. The van der Waals surface area contributed by atoms with Gasteiger partial charge in [-0.1, -0.05) is 61.7 Å². The van der Waals surface area contributed by atoms with Gasteiger partial charge in [0.25, 0.3) is 17.4 Å². The van der Waals surface area contributed by atoms with Crippen molar-refractivity contribution in [1.29, 1.82) is 0 Å². The number of ether oxygens (including phenoxy) is 1. The van der Waals surface area contributed by atoms with E-state index in [1.165, 1.54) is 12.1 Å². The van der Waals surface area contributed by atoms with Crippen LogP contribution >= 0.6 is 0 Å². The number of allylic oxidation sites excluding steroid dienone is 1. The summed E-state index contributed by atoms with van der Waals surface area (Å²) in [6.07, 6.45) is 15.4. The normalized spacial score (nSPS) is 24.7. The number of fused-ring (bicyclic) bond motifs is 4. The fourth-order valence-corrected chi connectivity index (χ4v) is 13.5. The Balaban J connectivity index is 0.634. The van der Waals surface area contributed by atoms with E-state index in [-0.39, 0.29) is 57.8 Å². The molecule has 1 unspecified atom stereocenters. The highest BCUT2D eigenvalue weighted by Gasteiger charge is 2.52. The van der Waals surface area contributed by atoms with Crippen LogP contribution < -0.4 is 16.2 Å². The van der Waals surface area contributed by atoms with E-state index < -0.39 is 35.0 Å². The first-order chi connectivity index (χ1) is 37.3. The van der Waals surface area contributed by atoms with Crippen LogP contribution in [0.25, 0.3) is 10.8 Å². The zero-order chi connectivity index (χ0) is 53.3. The molecule has 17 heteroatoms. The molecule has 3 N–H and O–H groups in total. The molecule has 8 aliphatic rings. The first kappa shape index (κ1) is 52.7. The predicted octanol–water partition coefficient (Wildman–Crippen LogP) is 7.18. The van der Waals surface area contributed by atoms with Crippen molar-refractivity contribution in [2.45, 2.75) is 132 Å². The van der Waals surface area contributed by atoms with Gasteiger partial charge in [-0.05, 0) is 137 Å². The average Bonchev–Trinajstić information content (AvgIpc) is 3.44. The van der Waals surface area contributed by atoms with Gasteiger partial charge in [0.1, 0.15) is 17.7 Å². The Morgan fingerprint density at radius 3 is 2.22 bits per heavy atom. The van der Waals surface area contributed by atoms with Crippen LogP contribution in [-0.4, -0.2) is 142 Å². The maximum atomic E-state index is 16.4. The van der Waals surface area contributed by atoms with Crippen molar-refractivity contribution in [3.63, 3.8) is 0 Å². The summed E-state index contributed by atoms with van der Waals surface area (Å²) in [5.41, 5.74) is 1.32. The van der Waals surface area contributed by atoms with Gasteiger partial charge in [0.2, 0.25) is 17.7 Å². The van der Waals surface area contributed by atoms with E-state index in [2.05, 4.69) is 25.7 Å². The number of nitrogens with zero attached hydrogens (tertiary/aromatic N) is 5. The summed E-state index contributed by atoms with van der Waals surface area (Å²) < 4.78 is 38.3. The molecular formula is C60H72F2N8O7. The number of likely N-dealkylation sites (tertiary alicyclic amines) is 2. The van der Waals surface area contributed by atoms with Crippen LogP contribution in [0.5, 0.6) is 0 Å². The minimum atomic E-state index is -0.809. The molecule has 2 saturated carbocycles. The second-order valence-corrected chi connectivity index (χ2v) is 23.3. The quantitative estimate of drug-likeness (QED) is 0.118. The molecule has 2 atom stereocenters. The van der Waals surface area contributed by atoms with Crippen molar-refractivity contribution in [1.82, 2.24) is 40.4 Å². The zero-order valence-electron chi connectivity index (χ0n) is 44.1. The van der Waals surface area contributed by atoms with Gasteiger partial charge in [0.15, 0.2) is 0 Å². The topological polar surface area (TPSA) is 177 Å². The number of piperidine rings is 2. The molecule has 408 valence electrons. The van der Waals surface area contributed by atoms with E-state index >= 15 is 8.78 Å². The molecule has 2 bridgehead atoms. The molecule has 5 aliphatic heterocycles. The highest BCUT2D eigenvalue weighted by atomic mass is 19.1. The fourth-order valence-electron chi connectivity index (χ4n) is 13.5. The summed E-state index contributed by atoms with van der Waals surface area (Å²) in [4.78, 5) is 88.8. The van der Waals surface area contributed by atoms with E-state index in [1.54, 1.807) is 41.3 Å². The van der Waals surface area contributed by atoms with Crippen LogP contribution in [0.4, 0.5) is 8.78 Å². The molecule has 0 spiro atoms. The number of aromatic amines is 1. The SMILES string of the molecule is O=C(N[C@@H](C(=O)NC12CCC(CN3CCC(CC(=O)N4CCN(C(=O)c5cc(Cc6n[nH]c(=O)c7ccccc67)ccc5F)CC4)CC3)(CC1)OC2)C1CCCCC1)c1cccc(C2CCCN(C(=O)C3=CCC3)C2)c1F. The van der Waals surface area contributed by atoms with Crippen LogP contribution in [-0.2, 0) is 25.5 Å². The third-order valence-corrected chi connectivity index (χ3v) is 18.4. The number of rotatable bonds is 14. The van der Waals surface area contributed by atoms with Crippen LogP contribution in [0, 0.1) is 23.5 Å². The molecule has 77 heavy (non-hydrogen) atoms. The second kappa shape index (κ2) is 22.6. The number of aromatic nitrogens is 2. The Morgan fingerprint density at radius 1 is 0.766 bits per heavy atom. The van der Waals surface area contributed by atoms with Crippen molar-refractivity contribution < 1.29 is 37.5 Å². The highest BCUT2D eigenvalue weighted by molar-refractivity contribution is 5.98. The van der Waals surface area contributed by atoms with E-state index in [4.69, 9.17) is 4.74 Å². The van der Waals surface area contributed by atoms with E-state index in [0.717, 1.165) is 122 Å². The Morgan fingerprint density at radius 2 is 1.51 bits per heavy atom. The molecule has 0 radical (unpaired) electrons. The molecule has 7 fully saturated rings. The largest absolute Gasteiger partial charge is 0.371 e. The smallest absolute Gasteiger partial charge is 0.272 e. The summed E-state index contributed by atoms with van der Waals surface area (Å²) in [6.45, 7) is 5.33. The Bertz CT molecular complexity index is 2970. The number of carbonyl (C=O) groups is 5. The highest BCUT2D eigenvalue weighted by Crippen LogP contribution is 2.45. The van der Waals surface area contributed by atoms with Crippen molar-refractivity contribution in [3.05, 3.63) is 122 Å². The third-order valence-electron chi connectivity index (χ3n) is 18.4. The van der Waals surface area contributed by atoms with E-state index in [1.807, 2.05) is 28.0 Å². The van der Waals surface area contributed by atoms with Crippen LogP contribution in [0.1, 0.15) is 146 Å². The second-order valence-electron chi connectivity index (χ2n) is 23.3. The maximum absolute atomic E-state index is 16.4. The van der Waals surface area contributed by atoms with Gasteiger partial charge in [-0.25, -0.2) is 13.9 Å². The Kier molecular flexibility index (Phi) is 15.4. The number of halogens is 2. The average molecular weight is 1060 g/mol. The number of nitrogens with one attached hydrogen (secondary N) is 3. The first-order valence-electron chi connectivity index (χ1n) is 28.4. The molecule has 1 aromatic heterocycles. The van der Waals surface area contributed by atoms with Gasteiger partial charge in [-0.15, -0.1) is 0 Å². The van der Waals surface area contributed by atoms with Crippen LogP contribution in [0.2, 0.25) is 0 Å². The van der Waals surface area contributed by atoms with Gasteiger partial charge in [0, 0.05) is 75.5 Å². The minimum Gasteiger partial charge on any atom is -0.371 e. The Labute approximate surface area is 448 Å². The van der Waals surface area contributed by atoms with E-state index in [0.29, 0.717) is 86.3 Å². The minimum absolute atomic E-state index is 0.0282. The predicted molar refractivity (Wildman–Crippen MR) is 286 cm³/mol. The van der Waals surface area contributed by atoms with Crippen molar-refractivity contribution in [2.75, 3.05) is 65.5 Å². The summed E-state index contributed by atoms with van der Waals surface area (Å²) in [6, 6.07) is 15.8. The summed E-state index contributed by atoms with van der Waals surface area (Å²) >= 11 is 0. The molecular weight excluding hydrogens is 983 g/mol. The number of amides is 5. The number of hydrogen-bond donors (Lipinski definition) is 3. The van der Waals surface area contributed by atoms with Crippen molar-refractivity contribution in [3.8, 4) is 0 Å². The molecule has 15 nitrogen and oxygen atoms in total. The third kappa shape index (κ3) is 11.3. The molecule has 3 aliphatic carbocycles. The van der Waals surface area contributed by atoms with Gasteiger partial charge < -0.3 is 35.0 Å². The summed E-state index contributed by atoms with van der Waals surface area (Å²) in [7, 11) is 0. The molecule has 4 aromatic rings. The van der Waals surface area contributed by atoms with Crippen molar-refractivity contribution >= 4 is 40.3 Å². The van der Waals surface area contributed by atoms with Crippen LogP contribution in [0.3, 0.4) is 0 Å². The van der Waals surface area contributed by atoms with Crippen LogP contribution in [0.15, 0.2) is 77.1 Å². The zero-order valence-corrected chi connectivity index (χ0v) is 44.1. The standard InChI is InChI=1S/C60H72F2N8O7/c61-49-19-18-40(34-50-45-14-4-5-15-46(45)55(73)66-65-50)33-48(49)58(76)69-31-29-68(30-32-69)51(71)35-39-20-27-67(28-21-39)37-60-24-22-59(23-25-60,38-77-60)64-56(74)53(41-9-2-1-3-10-41)63-54(72)47-17-7-16-44(52(47)62)43-13-8-26-70(36-43)57(75)42-11-6-12-42/h4-5,7,11,14-19,33,39,41,43,53H,1-3,6,8-10,12-13,20-32,34-38H2,(H,63,72)(H,64,74)(H,66,73)/t43?,53-,59?,60?/m1/s1. The van der Waals surface area contributed by atoms with E-state index in [9.17, 15) is 28.8 Å². The lowest BCUT2D eigenvalue weighted by atomic mass is 9.70. The number of carbonyl (C=O) groups excluding carboxylic acids is 5. The van der Waals surface area contributed by atoms with Crippen molar-refractivity contribution in [2.24, 2.45) is 11.8 Å². The molecule has 12 rings (SSSR count). The number of piperazine rings is 1. The van der Waals surface area contributed by atoms with Gasteiger partial charge in [-0.2, -0.15) is 5.10 Å². The number of H-pyrrole nitrogens is 1. The fraction of sp³-hybridized carbons (Fsp3) is 0.550. The van der Waals surface area contributed by atoms with Gasteiger partial charge in [-0.3, -0.25) is 28.8 Å². The lowest BCUT2D eigenvalue weighted by molar-refractivity contribution is -0.176. The molecule has 5 amide bonds. The first-order valence-corrected chi connectivity index (χ1v) is 28.4. The Hall–Kier alpha value is -6.33.